The normalized spacial score (nSPS) is 17.3. The molecule has 1 saturated heterocycles. The van der Waals surface area contributed by atoms with Crippen LogP contribution in [-0.2, 0) is 19.1 Å². The highest BCUT2D eigenvalue weighted by Gasteiger charge is 2.58. The van der Waals surface area contributed by atoms with Crippen LogP contribution in [0.25, 0.3) is 0 Å². The van der Waals surface area contributed by atoms with Gasteiger partial charge in [-0.2, -0.15) is 0 Å². The lowest BCUT2D eigenvalue weighted by Gasteiger charge is -2.37. The number of ether oxygens (including phenoxy) is 1. The zero-order chi connectivity index (χ0) is 18.8. The summed E-state index contributed by atoms with van der Waals surface area (Å²) in [4.78, 5) is 58.1. The zero-order valence-corrected chi connectivity index (χ0v) is 13.4. The molecule has 25 heavy (non-hydrogen) atoms. The van der Waals surface area contributed by atoms with Gasteiger partial charge in [0.25, 0.3) is 23.1 Å². The van der Waals surface area contributed by atoms with Crippen molar-refractivity contribution in [1.82, 2.24) is 10.6 Å². The van der Waals surface area contributed by atoms with Crippen molar-refractivity contribution < 1.29 is 28.8 Å². The van der Waals surface area contributed by atoms with Crippen molar-refractivity contribution in [2.75, 3.05) is 0 Å². The number of barbiturate groups is 1. The maximum absolute atomic E-state index is 12.4. The molecule has 1 fully saturated rings. The highest BCUT2D eigenvalue weighted by atomic mass is 16.6. The van der Waals surface area contributed by atoms with E-state index in [-0.39, 0.29) is 12.1 Å². The van der Waals surface area contributed by atoms with Crippen molar-refractivity contribution in [2.24, 2.45) is 0 Å². The second-order valence-corrected chi connectivity index (χ2v) is 5.37. The van der Waals surface area contributed by atoms with Crippen LogP contribution in [0, 0.1) is 10.1 Å². The second-order valence-electron chi connectivity index (χ2n) is 5.37. The number of urea groups is 1. The number of esters is 1. The van der Waals surface area contributed by atoms with E-state index in [1.165, 1.54) is 38.1 Å². The predicted molar refractivity (Wildman–Crippen MR) is 82.3 cm³/mol. The standard InChI is InChI=1S/C15H15N3O7/c1-3-11(19)25-15(12(20)16-14(22)17-13(15)21)8(2)9-4-6-10(7-5-9)18(23)24/h4-8H,3H2,1-2H3,(H2,16,17,20,21,22). The van der Waals surface area contributed by atoms with Crippen LogP contribution >= 0.6 is 0 Å². The summed E-state index contributed by atoms with van der Waals surface area (Å²) in [6, 6.07) is 4.08. The molecular formula is C15H15N3O7. The Hall–Kier alpha value is -3.30. The zero-order valence-electron chi connectivity index (χ0n) is 13.4. The van der Waals surface area contributed by atoms with Crippen LogP contribution in [-0.4, -0.2) is 34.3 Å². The number of nitrogens with one attached hydrogen (secondary N) is 2. The summed E-state index contributed by atoms with van der Waals surface area (Å²) in [5, 5.41) is 14.6. The summed E-state index contributed by atoms with van der Waals surface area (Å²) >= 11 is 0. The number of hydrogen-bond donors (Lipinski definition) is 2. The Labute approximate surface area is 141 Å². The van der Waals surface area contributed by atoms with E-state index in [2.05, 4.69) is 0 Å². The van der Waals surface area contributed by atoms with Gasteiger partial charge < -0.3 is 4.74 Å². The molecule has 1 aliphatic rings. The smallest absolute Gasteiger partial charge is 0.328 e. The fourth-order valence-electron chi connectivity index (χ4n) is 2.47. The number of non-ortho nitro benzene ring substituents is 1. The number of imide groups is 2. The van der Waals surface area contributed by atoms with Crippen molar-refractivity contribution in [2.45, 2.75) is 31.8 Å². The SMILES string of the molecule is CCC(=O)OC1(C(C)c2ccc([N+](=O)[O-])cc2)C(=O)NC(=O)NC1=O. The highest BCUT2D eigenvalue weighted by Crippen LogP contribution is 2.34. The van der Waals surface area contributed by atoms with Crippen molar-refractivity contribution in [3.8, 4) is 0 Å². The number of carbonyl (C=O) groups is 4. The first-order valence-corrected chi connectivity index (χ1v) is 7.35. The van der Waals surface area contributed by atoms with Gasteiger partial charge in [0.2, 0.25) is 0 Å². The van der Waals surface area contributed by atoms with E-state index < -0.39 is 40.3 Å². The van der Waals surface area contributed by atoms with Crippen LogP contribution in [0.5, 0.6) is 0 Å². The fourth-order valence-corrected chi connectivity index (χ4v) is 2.47. The average Bonchev–Trinajstić information content (AvgIpc) is 2.57. The van der Waals surface area contributed by atoms with Crippen LogP contribution < -0.4 is 10.6 Å². The lowest BCUT2D eigenvalue weighted by Crippen LogP contribution is -2.70. The third kappa shape index (κ3) is 3.18. The molecule has 1 aliphatic heterocycles. The Morgan fingerprint density at radius 2 is 1.72 bits per heavy atom. The molecule has 132 valence electrons. The fraction of sp³-hybridized carbons (Fsp3) is 0.333. The minimum atomic E-state index is -2.29. The Bertz CT molecular complexity index is 737. The number of amides is 4. The molecule has 2 rings (SSSR count). The van der Waals surface area contributed by atoms with Gasteiger partial charge in [-0.05, 0) is 5.56 Å². The van der Waals surface area contributed by atoms with Gasteiger partial charge in [-0.15, -0.1) is 0 Å². The molecule has 1 atom stereocenters. The van der Waals surface area contributed by atoms with Gasteiger partial charge >= 0.3 is 12.0 Å². The lowest BCUT2D eigenvalue weighted by atomic mass is 9.80. The number of benzene rings is 1. The Balaban J connectivity index is 2.49. The quantitative estimate of drug-likeness (QED) is 0.345. The molecular weight excluding hydrogens is 334 g/mol. The number of carbonyl (C=O) groups excluding carboxylic acids is 4. The topological polar surface area (TPSA) is 145 Å². The largest absolute Gasteiger partial charge is 0.438 e. The van der Waals surface area contributed by atoms with Crippen LogP contribution in [0.3, 0.4) is 0 Å². The molecule has 0 aromatic heterocycles. The maximum Gasteiger partial charge on any atom is 0.328 e. The average molecular weight is 349 g/mol. The number of nitrogens with zero attached hydrogens (tertiary/aromatic N) is 1. The number of hydrogen-bond acceptors (Lipinski definition) is 7. The number of rotatable bonds is 5. The molecule has 1 aromatic carbocycles. The molecule has 0 spiro atoms. The summed E-state index contributed by atoms with van der Waals surface area (Å²) in [5.74, 6) is -3.96. The molecule has 0 saturated carbocycles. The van der Waals surface area contributed by atoms with Crippen molar-refractivity contribution in [3.63, 3.8) is 0 Å². The Kier molecular flexibility index (Phi) is 4.82. The summed E-state index contributed by atoms with van der Waals surface area (Å²) in [5.41, 5.74) is -2.13. The molecule has 4 amide bonds. The van der Waals surface area contributed by atoms with E-state index >= 15 is 0 Å². The van der Waals surface area contributed by atoms with Gasteiger partial charge in [0.15, 0.2) is 0 Å². The first-order chi connectivity index (χ1) is 11.7. The number of nitro groups is 1. The van der Waals surface area contributed by atoms with E-state index in [4.69, 9.17) is 4.74 Å². The molecule has 1 heterocycles. The highest BCUT2D eigenvalue weighted by molar-refractivity contribution is 6.23. The third-order valence-corrected chi connectivity index (χ3v) is 3.91. The van der Waals surface area contributed by atoms with Crippen molar-refractivity contribution in [3.05, 3.63) is 39.9 Å². The van der Waals surface area contributed by atoms with E-state index in [0.717, 1.165) is 0 Å². The Morgan fingerprint density at radius 3 is 2.16 bits per heavy atom. The first-order valence-electron chi connectivity index (χ1n) is 7.35. The molecule has 1 unspecified atom stereocenters. The van der Waals surface area contributed by atoms with Gasteiger partial charge in [-0.3, -0.25) is 35.1 Å². The first kappa shape index (κ1) is 18.0. The molecule has 0 aliphatic carbocycles. The van der Waals surface area contributed by atoms with Crippen molar-refractivity contribution in [1.29, 1.82) is 0 Å². The number of nitro benzene ring substituents is 1. The maximum atomic E-state index is 12.4. The van der Waals surface area contributed by atoms with Gasteiger partial charge in [0, 0.05) is 24.5 Å². The van der Waals surface area contributed by atoms with E-state index in [1.54, 1.807) is 0 Å². The van der Waals surface area contributed by atoms with E-state index in [0.29, 0.717) is 5.56 Å². The summed E-state index contributed by atoms with van der Waals surface area (Å²) < 4.78 is 5.15. The predicted octanol–water partition coefficient (Wildman–Crippen LogP) is 0.756. The van der Waals surface area contributed by atoms with Gasteiger partial charge in [-0.25, -0.2) is 4.79 Å². The molecule has 10 nitrogen and oxygen atoms in total. The molecule has 1 aromatic rings. The lowest BCUT2D eigenvalue weighted by molar-refractivity contribution is -0.384. The van der Waals surface area contributed by atoms with Crippen molar-refractivity contribution >= 4 is 29.5 Å². The minimum absolute atomic E-state index is 0.0940. The van der Waals surface area contributed by atoms with Gasteiger partial charge in [-0.1, -0.05) is 26.0 Å². The molecule has 10 heteroatoms. The van der Waals surface area contributed by atoms with Crippen LogP contribution in [0.15, 0.2) is 24.3 Å². The summed E-state index contributed by atoms with van der Waals surface area (Å²) in [6.07, 6.45) is -0.0940. The van der Waals surface area contributed by atoms with Crippen LogP contribution in [0.1, 0.15) is 31.7 Å². The van der Waals surface area contributed by atoms with Gasteiger partial charge in [0.1, 0.15) is 0 Å². The van der Waals surface area contributed by atoms with Crippen LogP contribution in [0.2, 0.25) is 0 Å². The third-order valence-electron chi connectivity index (χ3n) is 3.91. The van der Waals surface area contributed by atoms with E-state index in [1.807, 2.05) is 10.6 Å². The summed E-state index contributed by atoms with van der Waals surface area (Å²) in [7, 11) is 0. The molecule has 0 bridgehead atoms. The van der Waals surface area contributed by atoms with Gasteiger partial charge in [0.05, 0.1) is 4.92 Å². The monoisotopic (exact) mass is 349 g/mol. The second kappa shape index (κ2) is 6.67. The summed E-state index contributed by atoms with van der Waals surface area (Å²) in [6.45, 7) is 2.93. The molecule has 0 radical (unpaired) electrons. The molecule has 2 N–H and O–H groups in total. The Morgan fingerprint density at radius 1 is 1.20 bits per heavy atom. The minimum Gasteiger partial charge on any atom is -0.438 e. The van der Waals surface area contributed by atoms with Crippen LogP contribution in [0.4, 0.5) is 10.5 Å². The van der Waals surface area contributed by atoms with E-state index in [9.17, 15) is 29.3 Å².